The van der Waals surface area contributed by atoms with Gasteiger partial charge >= 0.3 is 0 Å². The summed E-state index contributed by atoms with van der Waals surface area (Å²) in [5.74, 6) is 0.879. The zero-order valence-electron chi connectivity index (χ0n) is 18.0. The van der Waals surface area contributed by atoms with Crippen molar-refractivity contribution in [2.45, 2.75) is 20.4 Å². The molecule has 0 bridgehead atoms. The molecule has 1 fully saturated rings. The first-order valence-electron chi connectivity index (χ1n) is 10.3. The first-order valence-corrected chi connectivity index (χ1v) is 10.3. The normalized spacial score (nSPS) is 13.9. The number of amides is 1. The van der Waals surface area contributed by atoms with Crippen LogP contribution in [0.15, 0.2) is 61.3 Å². The molecule has 0 saturated carbocycles. The molecule has 3 aromatic heterocycles. The van der Waals surface area contributed by atoms with Gasteiger partial charge in [0.2, 0.25) is 5.91 Å². The molecule has 4 rings (SSSR count). The Bertz CT molecular complexity index is 1070. The van der Waals surface area contributed by atoms with E-state index in [0.717, 1.165) is 60.2 Å². The molecule has 4 heterocycles. The number of hydrogen-bond acceptors (Lipinski definition) is 6. The maximum Gasteiger partial charge on any atom is 0.219 e. The van der Waals surface area contributed by atoms with Crippen LogP contribution in [0, 0.1) is 6.92 Å². The van der Waals surface area contributed by atoms with Crippen LogP contribution in [-0.4, -0.2) is 56.7 Å². The van der Waals surface area contributed by atoms with Crippen molar-refractivity contribution in [1.82, 2.24) is 24.6 Å². The van der Waals surface area contributed by atoms with E-state index in [4.69, 9.17) is 0 Å². The second-order valence-corrected chi connectivity index (χ2v) is 7.74. The highest BCUT2D eigenvalue weighted by Crippen LogP contribution is 2.20. The lowest BCUT2D eigenvalue weighted by atomic mass is 10.1. The van der Waals surface area contributed by atoms with Gasteiger partial charge in [0.1, 0.15) is 5.82 Å². The number of aromatic nitrogens is 4. The number of aryl methyl sites for hydroxylation is 1. The first kappa shape index (κ1) is 20.6. The van der Waals surface area contributed by atoms with Gasteiger partial charge in [0.05, 0.1) is 24.6 Å². The fourth-order valence-electron chi connectivity index (χ4n) is 3.67. The van der Waals surface area contributed by atoms with Gasteiger partial charge in [0.25, 0.3) is 0 Å². The summed E-state index contributed by atoms with van der Waals surface area (Å²) in [6.07, 6.45) is 7.51. The maximum atomic E-state index is 11.5. The Morgan fingerprint density at radius 1 is 1.10 bits per heavy atom. The van der Waals surface area contributed by atoms with Crippen molar-refractivity contribution < 1.29 is 4.79 Å². The number of rotatable bonds is 6. The van der Waals surface area contributed by atoms with Gasteiger partial charge in [-0.3, -0.25) is 14.5 Å². The van der Waals surface area contributed by atoms with E-state index in [9.17, 15) is 4.79 Å². The van der Waals surface area contributed by atoms with E-state index in [1.165, 1.54) is 0 Å². The number of piperazine rings is 1. The van der Waals surface area contributed by atoms with Crippen LogP contribution in [0.5, 0.6) is 0 Å². The van der Waals surface area contributed by atoms with E-state index in [1.807, 2.05) is 59.4 Å². The van der Waals surface area contributed by atoms with Crippen molar-refractivity contribution in [3.05, 3.63) is 67.0 Å². The minimum absolute atomic E-state index is 0.135. The Balaban J connectivity index is 1.32. The van der Waals surface area contributed by atoms with Crippen molar-refractivity contribution >= 4 is 17.4 Å². The van der Waals surface area contributed by atoms with Gasteiger partial charge in [0, 0.05) is 62.5 Å². The van der Waals surface area contributed by atoms with Crippen molar-refractivity contribution in [3.63, 3.8) is 0 Å². The molecule has 0 aliphatic carbocycles. The average molecular weight is 418 g/mol. The number of carbonyl (C=O) groups excluding carboxylic acids is 1. The van der Waals surface area contributed by atoms with Crippen LogP contribution in [0.3, 0.4) is 0 Å². The van der Waals surface area contributed by atoms with Gasteiger partial charge in [-0.05, 0) is 36.8 Å². The molecule has 3 aromatic rings. The van der Waals surface area contributed by atoms with E-state index >= 15 is 0 Å². The minimum Gasteiger partial charge on any atom is -0.367 e. The molecule has 1 N–H and O–H groups in total. The summed E-state index contributed by atoms with van der Waals surface area (Å²) in [6.45, 7) is 11.4. The summed E-state index contributed by atoms with van der Waals surface area (Å²) in [4.78, 5) is 24.4. The highest BCUT2D eigenvalue weighted by Gasteiger charge is 2.18. The van der Waals surface area contributed by atoms with Gasteiger partial charge in [-0.15, -0.1) is 0 Å². The third-order valence-corrected chi connectivity index (χ3v) is 5.36. The quantitative estimate of drug-likeness (QED) is 0.664. The smallest absolute Gasteiger partial charge is 0.219 e. The highest BCUT2D eigenvalue weighted by molar-refractivity contribution is 5.73. The van der Waals surface area contributed by atoms with E-state index < -0.39 is 0 Å². The molecule has 1 amide bonds. The number of hydrogen-bond donors (Lipinski definition) is 1. The van der Waals surface area contributed by atoms with Gasteiger partial charge in [0.15, 0.2) is 0 Å². The van der Waals surface area contributed by atoms with Crippen molar-refractivity contribution in [2.75, 3.05) is 36.4 Å². The number of nitrogens with zero attached hydrogens (tertiary/aromatic N) is 6. The molecule has 0 aromatic carbocycles. The average Bonchev–Trinajstić information content (AvgIpc) is 3.23. The molecule has 0 radical (unpaired) electrons. The Morgan fingerprint density at radius 3 is 2.58 bits per heavy atom. The first-order chi connectivity index (χ1) is 15.0. The summed E-state index contributed by atoms with van der Waals surface area (Å²) in [7, 11) is 0. The summed E-state index contributed by atoms with van der Waals surface area (Å²) in [5, 5.41) is 7.69. The summed E-state index contributed by atoms with van der Waals surface area (Å²) < 4.78 is 1.85. The number of carbonyl (C=O) groups is 1. The van der Waals surface area contributed by atoms with Crippen LogP contribution >= 0.6 is 0 Å². The second-order valence-electron chi connectivity index (χ2n) is 7.74. The maximum absolute atomic E-state index is 11.5. The van der Waals surface area contributed by atoms with Crippen LogP contribution < -0.4 is 10.2 Å². The van der Waals surface area contributed by atoms with Crippen LogP contribution in [0.4, 0.5) is 11.5 Å². The molecule has 1 aliphatic heterocycles. The van der Waals surface area contributed by atoms with E-state index in [2.05, 4.69) is 31.9 Å². The fourth-order valence-corrected chi connectivity index (χ4v) is 3.67. The van der Waals surface area contributed by atoms with Gasteiger partial charge in [-0.1, -0.05) is 6.58 Å². The summed E-state index contributed by atoms with van der Waals surface area (Å²) in [5.41, 5.74) is 4.98. The molecule has 8 nitrogen and oxygen atoms in total. The molecular weight excluding hydrogens is 390 g/mol. The molecule has 0 unspecified atom stereocenters. The lowest BCUT2D eigenvalue weighted by Gasteiger charge is -2.35. The van der Waals surface area contributed by atoms with Crippen LogP contribution in [0.25, 0.3) is 11.1 Å². The number of pyridine rings is 2. The SMILES string of the molecule is C=C(Cn1cc(-c2ccnc(C)c2)cn1)Nc1ccc(N2CCN(C(C)=O)CC2)cn1. The lowest BCUT2D eigenvalue weighted by molar-refractivity contribution is -0.129. The number of anilines is 2. The summed E-state index contributed by atoms with van der Waals surface area (Å²) in [6, 6.07) is 8.02. The number of allylic oxidation sites excluding steroid dienone is 1. The van der Waals surface area contributed by atoms with Crippen LogP contribution in [0.2, 0.25) is 0 Å². The van der Waals surface area contributed by atoms with Crippen LogP contribution in [0.1, 0.15) is 12.6 Å². The van der Waals surface area contributed by atoms with Gasteiger partial charge < -0.3 is 15.1 Å². The summed E-state index contributed by atoms with van der Waals surface area (Å²) >= 11 is 0. The van der Waals surface area contributed by atoms with Crippen molar-refractivity contribution in [3.8, 4) is 11.1 Å². The van der Waals surface area contributed by atoms with E-state index in [0.29, 0.717) is 6.54 Å². The third-order valence-electron chi connectivity index (χ3n) is 5.36. The van der Waals surface area contributed by atoms with Crippen molar-refractivity contribution in [2.24, 2.45) is 0 Å². The highest BCUT2D eigenvalue weighted by atomic mass is 16.2. The zero-order valence-corrected chi connectivity index (χ0v) is 18.0. The standard InChI is InChI=1S/C23H27N7O/c1-17-12-20(6-7-24-17)21-13-26-30(16-21)15-18(2)27-23-5-4-22(14-25-23)29-10-8-28(9-11-29)19(3)31/h4-7,12-14,16H,2,8-11,15H2,1,3H3,(H,25,27). The third kappa shape index (κ3) is 5.09. The topological polar surface area (TPSA) is 79.2 Å². The Hall–Kier alpha value is -3.68. The monoisotopic (exact) mass is 417 g/mol. The predicted octanol–water partition coefficient (Wildman–Crippen LogP) is 2.94. The lowest BCUT2D eigenvalue weighted by Crippen LogP contribution is -2.48. The molecule has 31 heavy (non-hydrogen) atoms. The zero-order chi connectivity index (χ0) is 21.8. The van der Waals surface area contributed by atoms with Gasteiger partial charge in [-0.25, -0.2) is 4.98 Å². The second kappa shape index (κ2) is 8.99. The molecule has 1 aliphatic rings. The molecular formula is C23H27N7O. The largest absolute Gasteiger partial charge is 0.367 e. The van der Waals surface area contributed by atoms with E-state index in [1.54, 1.807) is 13.1 Å². The fraction of sp³-hybridized carbons (Fsp3) is 0.304. The molecule has 1 saturated heterocycles. The van der Waals surface area contributed by atoms with Crippen molar-refractivity contribution in [1.29, 1.82) is 0 Å². The Morgan fingerprint density at radius 2 is 1.90 bits per heavy atom. The van der Waals surface area contributed by atoms with E-state index in [-0.39, 0.29) is 5.91 Å². The minimum atomic E-state index is 0.135. The predicted molar refractivity (Wildman–Crippen MR) is 122 cm³/mol. The number of nitrogens with one attached hydrogen (secondary N) is 1. The Kier molecular flexibility index (Phi) is 5.97. The molecule has 0 spiro atoms. The van der Waals surface area contributed by atoms with Crippen LogP contribution in [-0.2, 0) is 11.3 Å². The molecule has 160 valence electrons. The molecule has 8 heteroatoms. The Labute approximate surface area is 182 Å². The molecule has 0 atom stereocenters. The van der Waals surface area contributed by atoms with Gasteiger partial charge in [-0.2, -0.15) is 5.10 Å².